The van der Waals surface area contributed by atoms with Gasteiger partial charge in [0.2, 0.25) is 0 Å². The predicted octanol–water partition coefficient (Wildman–Crippen LogP) is 3.20. The monoisotopic (exact) mass is 430 g/mol. The highest BCUT2D eigenvalue weighted by atomic mass is 127. The zero-order chi connectivity index (χ0) is 15.5. The van der Waals surface area contributed by atoms with E-state index >= 15 is 0 Å². The minimum absolute atomic E-state index is 0.152. The summed E-state index contributed by atoms with van der Waals surface area (Å²) in [4.78, 5) is 17.7. The number of carbonyl (C=O) groups is 1. The summed E-state index contributed by atoms with van der Waals surface area (Å²) in [6.07, 6.45) is 0. The Balaban J connectivity index is 1.81. The van der Waals surface area contributed by atoms with Crippen molar-refractivity contribution >= 4 is 54.3 Å². The summed E-state index contributed by atoms with van der Waals surface area (Å²) in [5.41, 5.74) is 9.71. The zero-order valence-electron chi connectivity index (χ0n) is 11.7. The van der Waals surface area contributed by atoms with Gasteiger partial charge in [-0.2, -0.15) is 0 Å². The number of nitrogens with zero attached hydrogens (tertiary/aromatic N) is 2. The van der Waals surface area contributed by atoms with Crippen molar-refractivity contribution < 1.29 is 9.53 Å². The molecular weight excluding hydrogens is 415 g/mol. The summed E-state index contributed by atoms with van der Waals surface area (Å²) in [6.45, 7) is 3.16. The fourth-order valence-electron chi connectivity index (χ4n) is 2.35. The van der Waals surface area contributed by atoms with E-state index in [0.717, 1.165) is 48.9 Å². The quantitative estimate of drug-likeness (QED) is 0.339. The number of thiazole rings is 1. The van der Waals surface area contributed by atoms with E-state index in [1.165, 1.54) is 11.3 Å². The molecule has 0 spiro atoms. The molecule has 1 aromatic carbocycles. The number of halogens is 1. The van der Waals surface area contributed by atoms with Crippen molar-refractivity contribution in [2.24, 2.45) is 0 Å². The number of hydrogen-bond acceptors (Lipinski definition) is 6. The van der Waals surface area contributed by atoms with Crippen molar-refractivity contribution in [3.05, 3.63) is 23.6 Å². The van der Waals surface area contributed by atoms with Gasteiger partial charge in [0.05, 0.1) is 30.3 Å². The Morgan fingerprint density at radius 3 is 2.86 bits per heavy atom. The fraction of sp³-hybridized carbons (Fsp3) is 0.286. The average molecular weight is 430 g/mol. The van der Waals surface area contributed by atoms with E-state index < -0.39 is 0 Å². The molecule has 8 heteroatoms. The van der Waals surface area contributed by atoms with Crippen molar-refractivity contribution in [2.75, 3.05) is 42.3 Å². The Morgan fingerprint density at radius 1 is 1.41 bits per heavy atom. The normalized spacial score (nSPS) is 14.9. The minimum atomic E-state index is -0.152. The number of hydrogen-bond donors (Lipinski definition) is 2. The molecule has 0 saturated carbocycles. The summed E-state index contributed by atoms with van der Waals surface area (Å²) in [5.74, 6) is 0. The van der Waals surface area contributed by atoms with Crippen molar-refractivity contribution in [3.63, 3.8) is 0 Å². The van der Waals surface area contributed by atoms with E-state index in [1.54, 1.807) is 22.6 Å². The van der Waals surface area contributed by atoms with E-state index in [4.69, 9.17) is 10.5 Å². The van der Waals surface area contributed by atoms with Crippen LogP contribution in [-0.2, 0) is 4.74 Å². The maximum absolute atomic E-state index is 11.0. The largest absolute Gasteiger partial charge is 0.397 e. The number of anilines is 3. The number of carbonyl (C=O) groups excluding carboxylic acids is 1. The molecule has 2 aromatic rings. The third-order valence-corrected chi connectivity index (χ3v) is 4.41. The second-order valence-electron chi connectivity index (χ2n) is 4.81. The molecule has 1 aromatic heterocycles. The van der Waals surface area contributed by atoms with Gasteiger partial charge in [0.1, 0.15) is 0 Å². The van der Waals surface area contributed by atoms with E-state index in [1.807, 2.05) is 23.6 Å². The summed E-state index contributed by atoms with van der Waals surface area (Å²) in [6, 6.07) is 5.95. The number of benzene rings is 1. The first-order chi connectivity index (χ1) is 10.6. The first kappa shape index (κ1) is 15.5. The Bertz CT molecular complexity index is 685. The molecule has 6 nitrogen and oxygen atoms in total. The SMILES string of the molecule is Nc1cc(-c2csc(NC(=O)I)n2)ccc1N1CCOCC1. The lowest BCUT2D eigenvalue weighted by Gasteiger charge is -2.30. The van der Waals surface area contributed by atoms with Gasteiger partial charge in [0.15, 0.2) is 5.13 Å². The van der Waals surface area contributed by atoms with Gasteiger partial charge in [-0.25, -0.2) is 4.98 Å². The zero-order valence-corrected chi connectivity index (χ0v) is 14.7. The van der Waals surface area contributed by atoms with Crippen LogP contribution in [0.4, 0.5) is 21.3 Å². The Morgan fingerprint density at radius 2 is 2.18 bits per heavy atom. The maximum Gasteiger partial charge on any atom is 0.286 e. The summed E-state index contributed by atoms with van der Waals surface area (Å²) in [5, 5.41) is 5.17. The highest BCUT2D eigenvalue weighted by molar-refractivity contribution is 14.1. The number of nitrogens with two attached hydrogens (primary N) is 1. The molecule has 2 heterocycles. The van der Waals surface area contributed by atoms with Gasteiger partial charge in [-0.15, -0.1) is 11.3 Å². The molecule has 0 radical (unpaired) electrons. The van der Waals surface area contributed by atoms with Crippen LogP contribution in [-0.4, -0.2) is 35.2 Å². The average Bonchev–Trinajstić information content (AvgIpc) is 2.95. The van der Waals surface area contributed by atoms with Crippen LogP contribution in [0.1, 0.15) is 0 Å². The van der Waals surface area contributed by atoms with Crippen molar-refractivity contribution in [1.82, 2.24) is 4.98 Å². The van der Waals surface area contributed by atoms with E-state index in [-0.39, 0.29) is 3.91 Å². The highest BCUT2D eigenvalue weighted by Crippen LogP contribution is 2.31. The van der Waals surface area contributed by atoms with Crippen LogP contribution in [0.5, 0.6) is 0 Å². The number of rotatable bonds is 3. The third kappa shape index (κ3) is 3.50. The fourth-order valence-corrected chi connectivity index (χ4v) is 3.51. The first-order valence-corrected chi connectivity index (χ1v) is 8.74. The summed E-state index contributed by atoms with van der Waals surface area (Å²) in [7, 11) is 0. The molecule has 116 valence electrons. The van der Waals surface area contributed by atoms with Crippen LogP contribution in [0.3, 0.4) is 0 Å². The molecule has 3 N–H and O–H groups in total. The molecule has 0 atom stereocenters. The van der Waals surface area contributed by atoms with Crippen LogP contribution < -0.4 is 16.0 Å². The van der Waals surface area contributed by atoms with Gasteiger partial charge < -0.3 is 15.4 Å². The molecule has 0 bridgehead atoms. The lowest BCUT2D eigenvalue weighted by atomic mass is 10.1. The number of nitrogen functional groups attached to an aromatic ring is 1. The highest BCUT2D eigenvalue weighted by Gasteiger charge is 2.15. The van der Waals surface area contributed by atoms with Gasteiger partial charge in [-0.05, 0) is 12.1 Å². The summed E-state index contributed by atoms with van der Waals surface area (Å²) >= 11 is 3.08. The second-order valence-corrected chi connectivity index (χ2v) is 6.65. The number of amides is 1. The van der Waals surface area contributed by atoms with Gasteiger partial charge in [0, 0.05) is 46.6 Å². The number of aromatic nitrogens is 1. The molecule has 1 fully saturated rings. The van der Waals surface area contributed by atoms with Crippen molar-refractivity contribution in [1.29, 1.82) is 0 Å². The standard InChI is InChI=1S/C14H15IN4O2S/c15-13(20)18-14-17-11(8-22-14)9-1-2-12(10(16)7-9)19-3-5-21-6-4-19/h1-2,7-8H,3-6,16H2,(H,17,18,20). The molecule has 22 heavy (non-hydrogen) atoms. The van der Waals surface area contributed by atoms with Crippen LogP contribution in [0.15, 0.2) is 23.6 Å². The summed E-state index contributed by atoms with van der Waals surface area (Å²) < 4.78 is 5.21. The lowest BCUT2D eigenvalue weighted by molar-refractivity contribution is 0.123. The van der Waals surface area contributed by atoms with Gasteiger partial charge in [-0.1, -0.05) is 6.07 Å². The topological polar surface area (TPSA) is 80.5 Å². The van der Waals surface area contributed by atoms with Crippen LogP contribution >= 0.6 is 33.9 Å². The Hall–Kier alpha value is -1.39. The van der Waals surface area contributed by atoms with Gasteiger partial charge >= 0.3 is 0 Å². The third-order valence-electron chi connectivity index (χ3n) is 3.38. The lowest BCUT2D eigenvalue weighted by Crippen LogP contribution is -2.36. The molecular formula is C14H15IN4O2S. The van der Waals surface area contributed by atoms with E-state index in [0.29, 0.717) is 5.13 Å². The maximum atomic E-state index is 11.0. The molecule has 1 amide bonds. The molecule has 0 aliphatic carbocycles. The number of nitrogens with one attached hydrogen (secondary N) is 1. The Labute approximate surface area is 145 Å². The van der Waals surface area contributed by atoms with E-state index in [9.17, 15) is 4.79 Å². The smallest absolute Gasteiger partial charge is 0.286 e. The number of ether oxygens (including phenoxy) is 1. The molecule has 3 rings (SSSR count). The Kier molecular flexibility index (Phi) is 4.79. The number of morpholine rings is 1. The van der Waals surface area contributed by atoms with Gasteiger partial charge in [0.25, 0.3) is 3.91 Å². The van der Waals surface area contributed by atoms with Crippen molar-refractivity contribution in [3.8, 4) is 11.3 Å². The molecule has 1 aliphatic rings. The second kappa shape index (κ2) is 6.80. The van der Waals surface area contributed by atoms with E-state index in [2.05, 4.69) is 15.2 Å². The predicted molar refractivity (Wildman–Crippen MR) is 98.0 cm³/mol. The molecule has 1 aliphatic heterocycles. The van der Waals surface area contributed by atoms with Crippen LogP contribution in [0.25, 0.3) is 11.3 Å². The first-order valence-electron chi connectivity index (χ1n) is 6.78. The van der Waals surface area contributed by atoms with Crippen LogP contribution in [0.2, 0.25) is 0 Å². The van der Waals surface area contributed by atoms with Crippen molar-refractivity contribution in [2.45, 2.75) is 0 Å². The van der Waals surface area contributed by atoms with Crippen LogP contribution in [0, 0.1) is 0 Å². The minimum Gasteiger partial charge on any atom is -0.397 e. The van der Waals surface area contributed by atoms with Gasteiger partial charge in [-0.3, -0.25) is 10.1 Å². The molecule has 1 saturated heterocycles. The molecule has 0 unspecified atom stereocenters.